The van der Waals surface area contributed by atoms with Crippen LogP contribution in [0.3, 0.4) is 0 Å². The van der Waals surface area contributed by atoms with Gasteiger partial charge in [-0.1, -0.05) is 26.2 Å². The first kappa shape index (κ1) is 17.4. The van der Waals surface area contributed by atoms with E-state index in [1.807, 2.05) is 6.92 Å². The van der Waals surface area contributed by atoms with Gasteiger partial charge < -0.3 is 5.32 Å². The lowest BCUT2D eigenvalue weighted by Gasteiger charge is -2.22. The van der Waals surface area contributed by atoms with E-state index in [1.54, 1.807) is 13.2 Å². The van der Waals surface area contributed by atoms with Gasteiger partial charge in [-0.3, -0.25) is 18.7 Å². The molecule has 0 spiro atoms. The van der Waals surface area contributed by atoms with Gasteiger partial charge in [0.1, 0.15) is 5.39 Å². The largest absolute Gasteiger partial charge is 0.332 e. The summed E-state index contributed by atoms with van der Waals surface area (Å²) in [4.78, 5) is 41.9. The van der Waals surface area contributed by atoms with Gasteiger partial charge in [-0.2, -0.15) is 0 Å². The number of nitrogens with zero attached hydrogens (tertiary/aromatic N) is 3. The lowest BCUT2D eigenvalue weighted by Crippen LogP contribution is -2.38. The molecule has 0 atom stereocenters. The summed E-state index contributed by atoms with van der Waals surface area (Å²) in [6, 6.07) is 0. The van der Waals surface area contributed by atoms with E-state index in [0.717, 1.165) is 35.8 Å². The summed E-state index contributed by atoms with van der Waals surface area (Å²) in [6.07, 6.45) is 7.33. The smallest absolute Gasteiger partial charge is 0.325 e. The molecule has 2 aromatic heterocycles. The molecule has 25 heavy (non-hydrogen) atoms. The van der Waals surface area contributed by atoms with E-state index in [9.17, 15) is 14.4 Å². The van der Waals surface area contributed by atoms with Crippen molar-refractivity contribution in [2.75, 3.05) is 5.32 Å². The second kappa shape index (κ2) is 6.82. The minimum atomic E-state index is -0.432. The molecule has 2 heterocycles. The van der Waals surface area contributed by atoms with Gasteiger partial charge in [0, 0.05) is 26.2 Å². The number of aryl methyl sites for hydroxylation is 2. The van der Waals surface area contributed by atoms with E-state index < -0.39 is 11.2 Å². The summed E-state index contributed by atoms with van der Waals surface area (Å²) in [5, 5.41) is 3.28. The van der Waals surface area contributed by atoms with E-state index in [-0.39, 0.29) is 11.8 Å². The van der Waals surface area contributed by atoms with Crippen LogP contribution < -0.4 is 16.6 Å². The summed E-state index contributed by atoms with van der Waals surface area (Å²) in [5.74, 6) is -0.0594. The highest BCUT2D eigenvalue weighted by atomic mass is 16.2. The third-order valence-electron chi connectivity index (χ3n) is 5.15. The van der Waals surface area contributed by atoms with Gasteiger partial charge in [-0.15, -0.1) is 0 Å². The second-order valence-electron chi connectivity index (χ2n) is 6.74. The molecule has 134 valence electrons. The third kappa shape index (κ3) is 2.99. The van der Waals surface area contributed by atoms with Gasteiger partial charge in [0.2, 0.25) is 5.91 Å². The first-order valence-electron chi connectivity index (χ1n) is 8.84. The Morgan fingerprint density at radius 2 is 1.88 bits per heavy atom. The van der Waals surface area contributed by atoms with Crippen molar-refractivity contribution in [3.8, 4) is 0 Å². The maximum absolute atomic E-state index is 12.7. The number of hydrogen-bond acceptors (Lipinski definition) is 4. The molecule has 0 bridgehead atoms. The van der Waals surface area contributed by atoms with Crippen molar-refractivity contribution in [2.45, 2.75) is 45.4 Å². The van der Waals surface area contributed by atoms with Gasteiger partial charge >= 0.3 is 5.69 Å². The van der Waals surface area contributed by atoms with E-state index in [1.165, 1.54) is 18.0 Å². The molecule has 0 saturated heterocycles. The van der Waals surface area contributed by atoms with Gasteiger partial charge in [0.15, 0.2) is 5.65 Å². The van der Waals surface area contributed by atoms with Gasteiger partial charge in [0.05, 0.1) is 5.69 Å². The standard InChI is InChI=1S/C18H24N4O3/c1-4-11-10-19-15-13(17(24)22(3)18(25)21(15)2)14(11)20-16(23)12-8-6-5-7-9-12/h10,12H,4-9H2,1-3H3,(H,19,20,23). The van der Waals surface area contributed by atoms with Gasteiger partial charge in [-0.25, -0.2) is 9.78 Å². The zero-order valence-electron chi connectivity index (χ0n) is 15.0. The number of fused-ring (bicyclic) bond motifs is 1. The highest BCUT2D eigenvalue weighted by Crippen LogP contribution is 2.28. The molecule has 0 aromatic carbocycles. The van der Waals surface area contributed by atoms with E-state index in [0.29, 0.717) is 23.1 Å². The number of aromatic nitrogens is 3. The summed E-state index contributed by atoms with van der Waals surface area (Å²) in [5.41, 5.74) is 0.731. The summed E-state index contributed by atoms with van der Waals surface area (Å²) < 4.78 is 2.39. The van der Waals surface area contributed by atoms with Crippen LogP contribution in [-0.4, -0.2) is 20.0 Å². The predicted octanol–water partition coefficient (Wildman–Crippen LogP) is 1.71. The molecule has 2 aromatic rings. The fourth-order valence-corrected chi connectivity index (χ4v) is 3.57. The molecule has 0 radical (unpaired) electrons. The van der Waals surface area contributed by atoms with Crippen molar-refractivity contribution in [1.82, 2.24) is 14.1 Å². The highest BCUT2D eigenvalue weighted by molar-refractivity contribution is 6.01. The first-order chi connectivity index (χ1) is 12.0. The molecule has 1 amide bonds. The Bertz CT molecular complexity index is 936. The minimum Gasteiger partial charge on any atom is -0.325 e. The zero-order chi connectivity index (χ0) is 18.1. The molecule has 1 aliphatic rings. The van der Waals surface area contributed by atoms with Crippen molar-refractivity contribution < 1.29 is 4.79 Å². The predicted molar refractivity (Wildman–Crippen MR) is 96.8 cm³/mol. The van der Waals surface area contributed by atoms with Crippen LogP contribution in [0.15, 0.2) is 15.8 Å². The minimum absolute atomic E-state index is 0.0157. The Morgan fingerprint density at radius 3 is 2.52 bits per heavy atom. The van der Waals surface area contributed by atoms with Crippen molar-refractivity contribution in [3.05, 3.63) is 32.6 Å². The number of rotatable bonds is 3. The van der Waals surface area contributed by atoms with Crippen molar-refractivity contribution in [2.24, 2.45) is 20.0 Å². The zero-order valence-corrected chi connectivity index (χ0v) is 15.0. The average Bonchev–Trinajstić information content (AvgIpc) is 2.64. The molecule has 1 fully saturated rings. The van der Waals surface area contributed by atoms with Crippen LogP contribution in [0.5, 0.6) is 0 Å². The maximum Gasteiger partial charge on any atom is 0.332 e. The molecule has 7 nitrogen and oxygen atoms in total. The SMILES string of the molecule is CCc1cnc2c(c1NC(=O)C1CCCCC1)c(=O)n(C)c(=O)n2C. The third-order valence-corrected chi connectivity index (χ3v) is 5.15. The Balaban J connectivity index is 2.17. The topological polar surface area (TPSA) is 86.0 Å². The number of amides is 1. The lowest BCUT2D eigenvalue weighted by molar-refractivity contribution is -0.120. The number of carbonyl (C=O) groups is 1. The molecule has 1 aliphatic carbocycles. The monoisotopic (exact) mass is 344 g/mol. The quantitative estimate of drug-likeness (QED) is 0.918. The Labute approximate surface area is 145 Å². The Kier molecular flexibility index (Phi) is 4.74. The number of pyridine rings is 1. The van der Waals surface area contributed by atoms with Crippen LogP contribution >= 0.6 is 0 Å². The summed E-state index contributed by atoms with van der Waals surface area (Å²) in [7, 11) is 3.02. The van der Waals surface area contributed by atoms with Crippen LogP contribution in [0.25, 0.3) is 11.0 Å². The van der Waals surface area contributed by atoms with Crippen LogP contribution in [0.4, 0.5) is 5.69 Å². The Morgan fingerprint density at radius 1 is 1.20 bits per heavy atom. The molecular formula is C18H24N4O3. The lowest BCUT2D eigenvalue weighted by atomic mass is 9.88. The fourth-order valence-electron chi connectivity index (χ4n) is 3.57. The maximum atomic E-state index is 12.7. The Hall–Kier alpha value is -2.44. The molecule has 1 N–H and O–H groups in total. The molecular weight excluding hydrogens is 320 g/mol. The number of hydrogen-bond donors (Lipinski definition) is 1. The molecule has 3 rings (SSSR count). The average molecular weight is 344 g/mol. The highest BCUT2D eigenvalue weighted by Gasteiger charge is 2.24. The van der Waals surface area contributed by atoms with Crippen molar-refractivity contribution in [1.29, 1.82) is 0 Å². The number of anilines is 1. The van der Waals surface area contributed by atoms with Crippen molar-refractivity contribution in [3.63, 3.8) is 0 Å². The van der Waals surface area contributed by atoms with Crippen LogP contribution in [0, 0.1) is 5.92 Å². The molecule has 7 heteroatoms. The van der Waals surface area contributed by atoms with Gasteiger partial charge in [0.25, 0.3) is 5.56 Å². The molecule has 0 aliphatic heterocycles. The normalized spacial score (nSPS) is 15.5. The van der Waals surface area contributed by atoms with E-state index in [2.05, 4.69) is 10.3 Å². The number of carbonyl (C=O) groups excluding carboxylic acids is 1. The van der Waals surface area contributed by atoms with Crippen LogP contribution in [0.2, 0.25) is 0 Å². The van der Waals surface area contributed by atoms with E-state index in [4.69, 9.17) is 0 Å². The first-order valence-corrected chi connectivity index (χ1v) is 8.84. The summed E-state index contributed by atoms with van der Waals surface area (Å²) in [6.45, 7) is 1.95. The van der Waals surface area contributed by atoms with Crippen molar-refractivity contribution >= 4 is 22.6 Å². The van der Waals surface area contributed by atoms with Crippen LogP contribution in [0.1, 0.15) is 44.6 Å². The molecule has 1 saturated carbocycles. The van der Waals surface area contributed by atoms with Gasteiger partial charge in [-0.05, 0) is 24.8 Å². The van der Waals surface area contributed by atoms with E-state index >= 15 is 0 Å². The fraction of sp³-hybridized carbons (Fsp3) is 0.556. The number of nitrogens with one attached hydrogen (secondary N) is 1. The summed E-state index contributed by atoms with van der Waals surface area (Å²) >= 11 is 0. The second-order valence-corrected chi connectivity index (χ2v) is 6.74. The van der Waals surface area contributed by atoms with Crippen LogP contribution in [-0.2, 0) is 25.3 Å². The molecule has 0 unspecified atom stereocenters.